The molecule has 1 aliphatic heterocycles. The molecule has 1 heterocycles. The van der Waals surface area contributed by atoms with Gasteiger partial charge in [-0.1, -0.05) is 12.1 Å². The molecule has 7 nitrogen and oxygen atoms in total. The van der Waals surface area contributed by atoms with E-state index in [2.05, 4.69) is 10.6 Å². The molecule has 1 amide bonds. The van der Waals surface area contributed by atoms with Crippen LogP contribution in [0.2, 0.25) is 0 Å². The maximum atomic E-state index is 12.1. The summed E-state index contributed by atoms with van der Waals surface area (Å²) in [6.07, 6.45) is 0.359. The molecule has 0 saturated carbocycles. The van der Waals surface area contributed by atoms with Gasteiger partial charge in [0.05, 0.1) is 24.2 Å². The standard InChI is InChI=1S/C16H25N3O4S.ClH/c1-12(18-16(20)10-14-11-23-9-8-17-14)13-4-6-15(7-5-13)24(21,22)19(2)3;/h4-7,12,14,17H,8-11H2,1-3H3,(H,18,20);1H. The van der Waals surface area contributed by atoms with E-state index in [1.165, 1.54) is 18.4 Å². The highest BCUT2D eigenvalue weighted by Crippen LogP contribution is 2.18. The SMILES string of the molecule is CC(NC(=O)CC1COCCN1)c1ccc(S(=O)(=O)N(C)C)cc1.Cl. The van der Waals surface area contributed by atoms with Gasteiger partial charge in [-0.25, -0.2) is 12.7 Å². The van der Waals surface area contributed by atoms with Crippen molar-refractivity contribution in [3.8, 4) is 0 Å². The average molecular weight is 392 g/mol. The summed E-state index contributed by atoms with van der Waals surface area (Å²) in [5.41, 5.74) is 0.855. The molecule has 142 valence electrons. The van der Waals surface area contributed by atoms with Crippen LogP contribution in [0.4, 0.5) is 0 Å². The van der Waals surface area contributed by atoms with Crippen LogP contribution < -0.4 is 10.6 Å². The van der Waals surface area contributed by atoms with Gasteiger partial charge >= 0.3 is 0 Å². The van der Waals surface area contributed by atoms with Gasteiger partial charge in [0.1, 0.15) is 0 Å². The Hall–Kier alpha value is -1.19. The van der Waals surface area contributed by atoms with Crippen molar-refractivity contribution in [1.29, 1.82) is 0 Å². The maximum absolute atomic E-state index is 12.1. The molecule has 0 bridgehead atoms. The largest absolute Gasteiger partial charge is 0.378 e. The van der Waals surface area contributed by atoms with Gasteiger partial charge in [-0.15, -0.1) is 12.4 Å². The molecule has 1 aromatic rings. The summed E-state index contributed by atoms with van der Waals surface area (Å²) in [6.45, 7) is 3.85. The number of rotatable bonds is 6. The Kier molecular flexibility index (Phi) is 8.30. The van der Waals surface area contributed by atoms with Crippen molar-refractivity contribution >= 4 is 28.3 Å². The Labute approximate surface area is 155 Å². The molecule has 1 saturated heterocycles. The van der Waals surface area contributed by atoms with E-state index >= 15 is 0 Å². The highest BCUT2D eigenvalue weighted by atomic mass is 35.5. The lowest BCUT2D eigenvalue weighted by atomic mass is 10.1. The average Bonchev–Trinajstić information content (AvgIpc) is 2.55. The Morgan fingerprint density at radius 1 is 1.36 bits per heavy atom. The molecule has 2 N–H and O–H groups in total. The third-order valence-corrected chi connectivity index (χ3v) is 5.80. The Morgan fingerprint density at radius 3 is 2.52 bits per heavy atom. The van der Waals surface area contributed by atoms with E-state index in [1.807, 2.05) is 6.92 Å². The fourth-order valence-electron chi connectivity index (χ4n) is 2.50. The molecule has 25 heavy (non-hydrogen) atoms. The van der Waals surface area contributed by atoms with Crippen LogP contribution in [0.1, 0.15) is 24.9 Å². The molecule has 2 atom stereocenters. The van der Waals surface area contributed by atoms with Gasteiger partial charge in [0.25, 0.3) is 0 Å². The highest BCUT2D eigenvalue weighted by Gasteiger charge is 2.20. The molecule has 1 aromatic carbocycles. The van der Waals surface area contributed by atoms with Gasteiger partial charge in [-0.2, -0.15) is 0 Å². The second-order valence-corrected chi connectivity index (χ2v) is 8.23. The fraction of sp³-hybridized carbons (Fsp3) is 0.562. The Morgan fingerprint density at radius 2 is 2.00 bits per heavy atom. The van der Waals surface area contributed by atoms with Crippen molar-refractivity contribution in [2.75, 3.05) is 33.9 Å². The maximum Gasteiger partial charge on any atom is 0.242 e. The lowest BCUT2D eigenvalue weighted by Crippen LogP contribution is -2.44. The topological polar surface area (TPSA) is 87.7 Å². The number of hydrogen-bond donors (Lipinski definition) is 2. The van der Waals surface area contributed by atoms with Crippen molar-refractivity contribution in [1.82, 2.24) is 14.9 Å². The first-order valence-corrected chi connectivity index (χ1v) is 9.37. The first-order chi connectivity index (χ1) is 11.3. The van der Waals surface area contributed by atoms with Gasteiger partial charge in [0.15, 0.2) is 0 Å². The Balaban J connectivity index is 0.00000312. The van der Waals surface area contributed by atoms with Crippen LogP contribution >= 0.6 is 12.4 Å². The van der Waals surface area contributed by atoms with Gasteiger partial charge in [-0.3, -0.25) is 4.79 Å². The number of hydrogen-bond acceptors (Lipinski definition) is 5. The Bertz CT molecular complexity index is 658. The number of amides is 1. The van der Waals surface area contributed by atoms with Crippen molar-refractivity contribution < 1.29 is 17.9 Å². The van der Waals surface area contributed by atoms with E-state index in [0.29, 0.717) is 19.6 Å². The summed E-state index contributed by atoms with van der Waals surface area (Å²) in [7, 11) is -0.447. The molecule has 0 aromatic heterocycles. The van der Waals surface area contributed by atoms with E-state index in [-0.39, 0.29) is 35.3 Å². The van der Waals surface area contributed by atoms with E-state index in [1.54, 1.807) is 24.3 Å². The summed E-state index contributed by atoms with van der Waals surface area (Å²) in [5.74, 6) is -0.0597. The van der Waals surface area contributed by atoms with E-state index in [0.717, 1.165) is 12.1 Å². The number of halogens is 1. The minimum absolute atomic E-state index is 0. The number of benzene rings is 1. The third-order valence-electron chi connectivity index (χ3n) is 3.97. The number of sulfonamides is 1. The predicted octanol–water partition coefficient (Wildman–Crippen LogP) is 0.914. The van der Waals surface area contributed by atoms with Crippen molar-refractivity contribution in [2.24, 2.45) is 0 Å². The molecule has 2 unspecified atom stereocenters. The lowest BCUT2D eigenvalue weighted by Gasteiger charge is -2.24. The smallest absolute Gasteiger partial charge is 0.242 e. The molecule has 2 rings (SSSR count). The third kappa shape index (κ3) is 5.93. The summed E-state index contributed by atoms with van der Waals surface area (Å²) in [6, 6.07) is 6.41. The number of nitrogens with zero attached hydrogens (tertiary/aromatic N) is 1. The van der Waals surface area contributed by atoms with Gasteiger partial charge in [0, 0.05) is 33.1 Å². The molecule has 0 radical (unpaired) electrons. The van der Waals surface area contributed by atoms with Crippen molar-refractivity contribution in [2.45, 2.75) is 30.3 Å². The molecule has 9 heteroatoms. The number of carbonyl (C=O) groups excluding carboxylic acids is 1. The van der Waals surface area contributed by atoms with Crippen LogP contribution in [-0.4, -0.2) is 58.5 Å². The summed E-state index contributed by atoms with van der Waals surface area (Å²) in [5, 5.41) is 6.17. The van der Waals surface area contributed by atoms with Crippen LogP contribution in [0, 0.1) is 0 Å². The van der Waals surface area contributed by atoms with Crippen LogP contribution in [0.25, 0.3) is 0 Å². The van der Waals surface area contributed by atoms with Crippen molar-refractivity contribution in [3.63, 3.8) is 0 Å². The first kappa shape index (κ1) is 21.9. The predicted molar refractivity (Wildman–Crippen MR) is 98.3 cm³/mol. The molecule has 1 aliphatic rings. The van der Waals surface area contributed by atoms with Gasteiger partial charge in [-0.05, 0) is 24.6 Å². The van der Waals surface area contributed by atoms with E-state index in [9.17, 15) is 13.2 Å². The van der Waals surface area contributed by atoms with E-state index < -0.39 is 10.0 Å². The number of nitrogens with one attached hydrogen (secondary N) is 2. The highest BCUT2D eigenvalue weighted by molar-refractivity contribution is 7.89. The minimum Gasteiger partial charge on any atom is -0.378 e. The van der Waals surface area contributed by atoms with Crippen LogP contribution in [-0.2, 0) is 19.6 Å². The summed E-state index contributed by atoms with van der Waals surface area (Å²) < 4.78 is 30.6. The van der Waals surface area contributed by atoms with Crippen LogP contribution in [0.3, 0.4) is 0 Å². The monoisotopic (exact) mass is 391 g/mol. The summed E-state index contributed by atoms with van der Waals surface area (Å²) in [4.78, 5) is 12.3. The second kappa shape index (κ2) is 9.49. The van der Waals surface area contributed by atoms with Gasteiger partial charge in [0.2, 0.25) is 15.9 Å². The zero-order valence-corrected chi connectivity index (χ0v) is 16.3. The number of ether oxygens (including phenoxy) is 1. The molecule has 0 spiro atoms. The normalized spacial score (nSPS) is 19.1. The van der Waals surface area contributed by atoms with E-state index in [4.69, 9.17) is 4.74 Å². The summed E-state index contributed by atoms with van der Waals surface area (Å²) >= 11 is 0. The van der Waals surface area contributed by atoms with Crippen LogP contribution in [0.15, 0.2) is 29.2 Å². The lowest BCUT2D eigenvalue weighted by molar-refractivity contribution is -0.122. The zero-order valence-electron chi connectivity index (χ0n) is 14.7. The van der Waals surface area contributed by atoms with Crippen LogP contribution in [0.5, 0.6) is 0 Å². The quantitative estimate of drug-likeness (QED) is 0.752. The first-order valence-electron chi connectivity index (χ1n) is 7.93. The molecular weight excluding hydrogens is 366 g/mol. The zero-order chi connectivity index (χ0) is 17.7. The van der Waals surface area contributed by atoms with Gasteiger partial charge < -0.3 is 15.4 Å². The number of morpholine rings is 1. The second-order valence-electron chi connectivity index (χ2n) is 6.08. The molecular formula is C16H26ClN3O4S. The minimum atomic E-state index is -3.44. The molecule has 0 aliphatic carbocycles. The number of carbonyl (C=O) groups is 1. The fourth-order valence-corrected chi connectivity index (χ4v) is 3.40. The molecule has 1 fully saturated rings. The van der Waals surface area contributed by atoms with Crippen molar-refractivity contribution in [3.05, 3.63) is 29.8 Å².